The van der Waals surface area contributed by atoms with Crippen LogP contribution >= 0.6 is 0 Å². The molecule has 2 aliphatic rings. The van der Waals surface area contributed by atoms with Gasteiger partial charge < -0.3 is 4.74 Å². The van der Waals surface area contributed by atoms with E-state index < -0.39 is 0 Å². The lowest BCUT2D eigenvalue weighted by molar-refractivity contribution is -0.124. The molecule has 1 unspecified atom stereocenters. The van der Waals surface area contributed by atoms with Crippen LogP contribution in [0.15, 0.2) is 0 Å². The van der Waals surface area contributed by atoms with E-state index in [1.165, 1.54) is 38.5 Å². The second-order valence-corrected chi connectivity index (χ2v) is 6.50. The number of carbonyl (C=O) groups is 1. The van der Waals surface area contributed by atoms with E-state index in [1.54, 1.807) is 0 Å². The maximum absolute atomic E-state index is 12.2. The SMILES string of the molecule is CCCCC1CCC(C(=O)CCC2CCCO2)CC1. The molecule has 1 saturated carbocycles. The minimum atomic E-state index is 0.374. The summed E-state index contributed by atoms with van der Waals surface area (Å²) in [5, 5.41) is 0. The number of rotatable bonds is 7. The molecule has 2 rings (SSSR count). The quantitative estimate of drug-likeness (QED) is 0.677. The predicted molar refractivity (Wildman–Crippen MR) is 78.2 cm³/mol. The highest BCUT2D eigenvalue weighted by Gasteiger charge is 2.26. The van der Waals surface area contributed by atoms with Crippen LogP contribution < -0.4 is 0 Å². The van der Waals surface area contributed by atoms with Crippen LogP contribution in [0.25, 0.3) is 0 Å². The van der Waals surface area contributed by atoms with Gasteiger partial charge in [-0.1, -0.05) is 26.2 Å². The third kappa shape index (κ3) is 4.91. The largest absolute Gasteiger partial charge is 0.378 e. The van der Waals surface area contributed by atoms with Gasteiger partial charge in [-0.15, -0.1) is 0 Å². The summed E-state index contributed by atoms with van der Waals surface area (Å²) < 4.78 is 5.60. The van der Waals surface area contributed by atoms with Gasteiger partial charge in [-0.2, -0.15) is 0 Å². The van der Waals surface area contributed by atoms with Crippen LogP contribution in [0.3, 0.4) is 0 Å². The number of unbranched alkanes of at least 4 members (excludes halogenated alkanes) is 1. The minimum absolute atomic E-state index is 0.374. The Balaban J connectivity index is 1.61. The zero-order valence-electron chi connectivity index (χ0n) is 12.5. The lowest BCUT2D eigenvalue weighted by Crippen LogP contribution is -2.23. The molecule has 2 fully saturated rings. The van der Waals surface area contributed by atoms with Crippen molar-refractivity contribution in [1.82, 2.24) is 0 Å². The summed E-state index contributed by atoms with van der Waals surface area (Å²) in [6, 6.07) is 0. The van der Waals surface area contributed by atoms with Gasteiger partial charge in [-0.25, -0.2) is 0 Å². The molecule has 1 atom stereocenters. The van der Waals surface area contributed by atoms with Gasteiger partial charge in [0, 0.05) is 18.9 Å². The van der Waals surface area contributed by atoms with Crippen LogP contribution in [0, 0.1) is 11.8 Å². The summed E-state index contributed by atoms with van der Waals surface area (Å²) >= 11 is 0. The highest BCUT2D eigenvalue weighted by Crippen LogP contribution is 2.33. The first kappa shape index (κ1) is 15.0. The number of hydrogen-bond acceptors (Lipinski definition) is 2. The fourth-order valence-electron chi connectivity index (χ4n) is 3.65. The topological polar surface area (TPSA) is 26.3 Å². The van der Waals surface area contributed by atoms with Crippen LogP contribution in [0.1, 0.15) is 77.6 Å². The van der Waals surface area contributed by atoms with Crippen molar-refractivity contribution in [2.75, 3.05) is 6.61 Å². The van der Waals surface area contributed by atoms with Gasteiger partial charge in [0.1, 0.15) is 5.78 Å². The van der Waals surface area contributed by atoms with E-state index in [2.05, 4.69) is 6.92 Å². The summed E-state index contributed by atoms with van der Waals surface area (Å²) in [5.41, 5.74) is 0. The molecule has 0 amide bonds. The van der Waals surface area contributed by atoms with Gasteiger partial charge >= 0.3 is 0 Å². The lowest BCUT2D eigenvalue weighted by atomic mass is 9.77. The van der Waals surface area contributed by atoms with Crippen LogP contribution in [0.5, 0.6) is 0 Å². The van der Waals surface area contributed by atoms with E-state index in [1.807, 2.05) is 0 Å². The van der Waals surface area contributed by atoms with E-state index in [4.69, 9.17) is 4.74 Å². The van der Waals surface area contributed by atoms with Gasteiger partial charge in [0.25, 0.3) is 0 Å². The molecule has 1 heterocycles. The first-order valence-corrected chi connectivity index (χ1v) is 8.44. The van der Waals surface area contributed by atoms with E-state index in [0.717, 1.165) is 44.6 Å². The molecule has 0 aromatic rings. The summed E-state index contributed by atoms with van der Waals surface area (Å²) in [4.78, 5) is 12.2. The van der Waals surface area contributed by atoms with Crippen molar-refractivity contribution in [3.05, 3.63) is 0 Å². The number of carbonyl (C=O) groups excluding carboxylic acids is 1. The molecule has 0 aromatic carbocycles. The van der Waals surface area contributed by atoms with Crippen molar-refractivity contribution in [3.63, 3.8) is 0 Å². The molecule has 1 aliphatic heterocycles. The van der Waals surface area contributed by atoms with E-state index in [9.17, 15) is 4.79 Å². The van der Waals surface area contributed by atoms with Crippen molar-refractivity contribution in [3.8, 4) is 0 Å². The third-order valence-electron chi connectivity index (χ3n) is 5.00. The van der Waals surface area contributed by atoms with Crippen LogP contribution in [0.4, 0.5) is 0 Å². The summed E-state index contributed by atoms with van der Waals surface area (Å²) in [6.45, 7) is 3.17. The monoisotopic (exact) mass is 266 g/mol. The van der Waals surface area contributed by atoms with Crippen LogP contribution in [0.2, 0.25) is 0 Å². The van der Waals surface area contributed by atoms with Crippen molar-refractivity contribution >= 4 is 5.78 Å². The average Bonchev–Trinajstić information content (AvgIpc) is 2.96. The second kappa shape index (κ2) is 8.04. The molecule has 1 aliphatic carbocycles. The van der Waals surface area contributed by atoms with Crippen LogP contribution in [-0.4, -0.2) is 18.5 Å². The first-order valence-electron chi connectivity index (χ1n) is 8.44. The van der Waals surface area contributed by atoms with Gasteiger partial charge in [-0.3, -0.25) is 4.79 Å². The molecule has 19 heavy (non-hydrogen) atoms. The Morgan fingerprint density at radius 3 is 2.53 bits per heavy atom. The molecular weight excluding hydrogens is 236 g/mol. The van der Waals surface area contributed by atoms with Gasteiger partial charge in [0.15, 0.2) is 0 Å². The fraction of sp³-hybridized carbons (Fsp3) is 0.941. The van der Waals surface area contributed by atoms with Crippen molar-refractivity contribution in [1.29, 1.82) is 0 Å². The average molecular weight is 266 g/mol. The number of ketones is 1. The molecular formula is C17H30O2. The Labute approximate surface area is 118 Å². The molecule has 0 N–H and O–H groups in total. The molecule has 0 bridgehead atoms. The van der Waals surface area contributed by atoms with E-state index in [0.29, 0.717) is 17.8 Å². The van der Waals surface area contributed by atoms with Crippen molar-refractivity contribution in [2.45, 2.75) is 83.7 Å². The Morgan fingerprint density at radius 1 is 1.11 bits per heavy atom. The number of Topliss-reactive ketones (excluding diaryl/α,β-unsaturated/α-hetero) is 1. The van der Waals surface area contributed by atoms with Gasteiger partial charge in [0.05, 0.1) is 6.10 Å². The third-order valence-corrected chi connectivity index (χ3v) is 5.00. The summed E-state index contributed by atoms with van der Waals surface area (Å²) in [5.74, 6) is 1.80. The molecule has 1 saturated heterocycles. The molecule has 0 aromatic heterocycles. The zero-order chi connectivity index (χ0) is 13.5. The summed E-state index contributed by atoms with van der Waals surface area (Å²) in [7, 11) is 0. The lowest BCUT2D eigenvalue weighted by Gasteiger charge is -2.27. The Kier molecular flexibility index (Phi) is 6.36. The van der Waals surface area contributed by atoms with E-state index in [-0.39, 0.29) is 0 Å². The maximum atomic E-state index is 12.2. The maximum Gasteiger partial charge on any atom is 0.136 e. The molecule has 2 nitrogen and oxygen atoms in total. The highest BCUT2D eigenvalue weighted by molar-refractivity contribution is 5.81. The number of ether oxygens (including phenoxy) is 1. The molecule has 2 heteroatoms. The molecule has 0 radical (unpaired) electrons. The van der Waals surface area contributed by atoms with Crippen LogP contribution in [-0.2, 0) is 9.53 Å². The van der Waals surface area contributed by atoms with E-state index >= 15 is 0 Å². The summed E-state index contributed by atoms with van der Waals surface area (Å²) in [6.07, 6.45) is 13.4. The first-order chi connectivity index (χ1) is 9.29. The number of hydrogen-bond donors (Lipinski definition) is 0. The fourth-order valence-corrected chi connectivity index (χ4v) is 3.65. The Hall–Kier alpha value is -0.370. The normalized spacial score (nSPS) is 31.5. The second-order valence-electron chi connectivity index (χ2n) is 6.50. The predicted octanol–water partition coefficient (Wildman–Crippen LogP) is 4.51. The highest BCUT2D eigenvalue weighted by atomic mass is 16.5. The smallest absolute Gasteiger partial charge is 0.136 e. The van der Waals surface area contributed by atoms with Crippen molar-refractivity contribution in [2.24, 2.45) is 11.8 Å². The Bertz CT molecular complexity index is 260. The molecule has 0 spiro atoms. The standard InChI is InChI=1S/C17H30O2/c1-2-3-5-14-7-9-15(10-8-14)17(18)12-11-16-6-4-13-19-16/h14-16H,2-13H2,1H3. The molecule has 110 valence electrons. The minimum Gasteiger partial charge on any atom is -0.378 e. The zero-order valence-corrected chi connectivity index (χ0v) is 12.5. The Morgan fingerprint density at radius 2 is 1.89 bits per heavy atom. The van der Waals surface area contributed by atoms with Crippen molar-refractivity contribution < 1.29 is 9.53 Å². The van der Waals surface area contributed by atoms with Gasteiger partial charge in [0.2, 0.25) is 0 Å². The van der Waals surface area contributed by atoms with Gasteiger partial charge in [-0.05, 0) is 50.9 Å².